The molecule has 0 aliphatic carbocycles. The first-order chi connectivity index (χ1) is 9.56. The predicted molar refractivity (Wildman–Crippen MR) is 83.4 cm³/mol. The highest BCUT2D eigenvalue weighted by atomic mass is 32.1. The third-order valence-corrected chi connectivity index (χ3v) is 3.91. The van der Waals surface area contributed by atoms with Crippen LogP contribution in [0.15, 0.2) is 35.7 Å². The molecule has 1 aromatic carbocycles. The highest BCUT2D eigenvalue weighted by Crippen LogP contribution is 2.18. The zero-order chi connectivity index (χ0) is 14.5. The van der Waals surface area contributed by atoms with Crippen molar-refractivity contribution in [1.29, 1.82) is 0 Å². The van der Waals surface area contributed by atoms with Gasteiger partial charge >= 0.3 is 5.97 Å². The molecule has 0 saturated heterocycles. The average molecular weight is 289 g/mol. The van der Waals surface area contributed by atoms with Crippen molar-refractivity contribution in [2.75, 3.05) is 5.32 Å². The fraction of sp³-hybridized carbons (Fsp3) is 0.312. The molecule has 1 N–H and O–H groups in total. The topological polar surface area (TPSA) is 38.3 Å². The second kappa shape index (κ2) is 6.57. The number of esters is 1. The number of nitrogens with one attached hydrogen (secondary N) is 1. The minimum Gasteiger partial charge on any atom is -0.459 e. The fourth-order valence-corrected chi connectivity index (χ4v) is 2.62. The molecule has 20 heavy (non-hydrogen) atoms. The first-order valence-corrected chi connectivity index (χ1v) is 7.52. The normalized spacial score (nSPS) is 10.6. The van der Waals surface area contributed by atoms with Crippen molar-refractivity contribution < 1.29 is 9.53 Å². The van der Waals surface area contributed by atoms with Crippen molar-refractivity contribution in [2.45, 2.75) is 33.4 Å². The Kier molecular flexibility index (Phi) is 4.79. The molecule has 0 saturated carbocycles. The van der Waals surface area contributed by atoms with E-state index in [2.05, 4.69) is 23.7 Å². The molecule has 0 radical (unpaired) electrons. The van der Waals surface area contributed by atoms with E-state index in [4.69, 9.17) is 4.74 Å². The Bertz CT molecular complexity index is 572. The van der Waals surface area contributed by atoms with Gasteiger partial charge in [-0.1, -0.05) is 0 Å². The number of thiophene rings is 1. The van der Waals surface area contributed by atoms with Gasteiger partial charge in [0.1, 0.15) is 0 Å². The average Bonchev–Trinajstić information content (AvgIpc) is 2.82. The summed E-state index contributed by atoms with van der Waals surface area (Å²) in [6, 6.07) is 9.50. The van der Waals surface area contributed by atoms with Gasteiger partial charge in [0.15, 0.2) is 0 Å². The Morgan fingerprint density at radius 2 is 1.95 bits per heavy atom. The molecule has 0 aliphatic heterocycles. The summed E-state index contributed by atoms with van der Waals surface area (Å²) >= 11 is 1.75. The van der Waals surface area contributed by atoms with Crippen LogP contribution < -0.4 is 5.32 Å². The standard InChI is InChI=1S/C16H19NO2S/c1-11(2)19-16(18)13-4-6-14(7-5-13)17-10-15-12(3)8-9-20-15/h4-9,11,17H,10H2,1-3H3. The molecule has 3 nitrogen and oxygen atoms in total. The van der Waals surface area contributed by atoms with Crippen LogP contribution in [0, 0.1) is 6.92 Å². The highest BCUT2D eigenvalue weighted by Gasteiger charge is 2.08. The van der Waals surface area contributed by atoms with Crippen molar-refractivity contribution in [1.82, 2.24) is 0 Å². The van der Waals surface area contributed by atoms with Crippen LogP contribution in [0.5, 0.6) is 0 Å². The molecule has 106 valence electrons. The summed E-state index contributed by atoms with van der Waals surface area (Å²) < 4.78 is 5.15. The van der Waals surface area contributed by atoms with Gasteiger partial charge < -0.3 is 10.1 Å². The Morgan fingerprint density at radius 3 is 2.50 bits per heavy atom. The van der Waals surface area contributed by atoms with Crippen LogP contribution in [0.3, 0.4) is 0 Å². The first-order valence-electron chi connectivity index (χ1n) is 6.64. The van der Waals surface area contributed by atoms with Gasteiger partial charge in [0.2, 0.25) is 0 Å². The van der Waals surface area contributed by atoms with E-state index < -0.39 is 0 Å². The van der Waals surface area contributed by atoms with Crippen LogP contribution in [-0.2, 0) is 11.3 Å². The lowest BCUT2D eigenvalue weighted by Gasteiger charge is -2.09. The minimum absolute atomic E-state index is 0.0953. The Balaban J connectivity index is 1.95. The second-order valence-corrected chi connectivity index (χ2v) is 5.91. The summed E-state index contributed by atoms with van der Waals surface area (Å²) in [5.74, 6) is -0.277. The smallest absolute Gasteiger partial charge is 0.338 e. The van der Waals surface area contributed by atoms with E-state index in [1.807, 2.05) is 26.0 Å². The largest absolute Gasteiger partial charge is 0.459 e. The molecule has 1 aromatic heterocycles. The van der Waals surface area contributed by atoms with Crippen molar-refractivity contribution >= 4 is 23.0 Å². The summed E-state index contributed by atoms with van der Waals surface area (Å²) in [4.78, 5) is 13.0. The second-order valence-electron chi connectivity index (χ2n) is 4.91. The predicted octanol–water partition coefficient (Wildman–Crippen LogP) is 4.23. The van der Waals surface area contributed by atoms with Gasteiger partial charge in [0.05, 0.1) is 11.7 Å². The van der Waals surface area contributed by atoms with E-state index in [0.717, 1.165) is 12.2 Å². The zero-order valence-electron chi connectivity index (χ0n) is 12.0. The van der Waals surface area contributed by atoms with Crippen LogP contribution in [0.1, 0.15) is 34.6 Å². The molecule has 0 atom stereocenters. The third-order valence-electron chi connectivity index (χ3n) is 2.88. The number of benzene rings is 1. The SMILES string of the molecule is Cc1ccsc1CNc1ccc(C(=O)OC(C)C)cc1. The number of carbonyl (C=O) groups excluding carboxylic acids is 1. The molecule has 2 aromatic rings. The number of carbonyl (C=O) groups is 1. The van der Waals surface area contributed by atoms with E-state index in [9.17, 15) is 4.79 Å². The minimum atomic E-state index is -0.277. The Hall–Kier alpha value is -1.81. The molecule has 0 amide bonds. The van der Waals surface area contributed by atoms with Gasteiger partial charge in [-0.3, -0.25) is 0 Å². The van der Waals surface area contributed by atoms with Crippen LogP contribution in [0.2, 0.25) is 0 Å². The fourth-order valence-electron chi connectivity index (χ4n) is 1.77. The first kappa shape index (κ1) is 14.6. The highest BCUT2D eigenvalue weighted by molar-refractivity contribution is 7.10. The number of aryl methyl sites for hydroxylation is 1. The van der Waals surface area contributed by atoms with Crippen LogP contribution in [0.25, 0.3) is 0 Å². The van der Waals surface area contributed by atoms with Gasteiger partial charge in [-0.05, 0) is 62.0 Å². The Morgan fingerprint density at radius 1 is 1.25 bits per heavy atom. The van der Waals surface area contributed by atoms with Gasteiger partial charge in [-0.25, -0.2) is 4.79 Å². The lowest BCUT2D eigenvalue weighted by molar-refractivity contribution is 0.0378. The van der Waals surface area contributed by atoms with Crippen molar-refractivity contribution in [2.24, 2.45) is 0 Å². The van der Waals surface area contributed by atoms with E-state index in [1.165, 1.54) is 10.4 Å². The molecule has 0 aliphatic rings. The molecule has 0 unspecified atom stereocenters. The molecular formula is C16H19NO2S. The summed E-state index contributed by atoms with van der Waals surface area (Å²) in [5, 5.41) is 5.45. The monoisotopic (exact) mass is 289 g/mol. The third kappa shape index (κ3) is 3.84. The maximum Gasteiger partial charge on any atom is 0.338 e. The number of anilines is 1. The zero-order valence-corrected chi connectivity index (χ0v) is 12.8. The molecule has 0 bridgehead atoms. The summed E-state index contributed by atoms with van der Waals surface area (Å²) in [5.41, 5.74) is 2.88. The summed E-state index contributed by atoms with van der Waals surface area (Å²) in [6.45, 7) is 6.60. The lowest BCUT2D eigenvalue weighted by atomic mass is 10.2. The van der Waals surface area contributed by atoms with Crippen LogP contribution >= 0.6 is 11.3 Å². The lowest BCUT2D eigenvalue weighted by Crippen LogP contribution is -2.11. The Labute approximate surface area is 123 Å². The molecular weight excluding hydrogens is 270 g/mol. The van der Waals surface area contributed by atoms with E-state index in [-0.39, 0.29) is 12.1 Å². The van der Waals surface area contributed by atoms with E-state index >= 15 is 0 Å². The van der Waals surface area contributed by atoms with Crippen molar-refractivity contribution in [3.05, 3.63) is 51.7 Å². The number of hydrogen-bond acceptors (Lipinski definition) is 4. The van der Waals surface area contributed by atoms with E-state index in [1.54, 1.807) is 23.5 Å². The molecule has 0 spiro atoms. The van der Waals surface area contributed by atoms with Gasteiger partial charge in [0, 0.05) is 17.1 Å². The number of rotatable bonds is 5. The number of hydrogen-bond donors (Lipinski definition) is 1. The number of ether oxygens (including phenoxy) is 1. The van der Waals surface area contributed by atoms with E-state index in [0.29, 0.717) is 5.56 Å². The van der Waals surface area contributed by atoms with Gasteiger partial charge in [-0.2, -0.15) is 0 Å². The molecule has 1 heterocycles. The molecule has 2 rings (SSSR count). The van der Waals surface area contributed by atoms with Crippen LogP contribution in [0.4, 0.5) is 5.69 Å². The quantitative estimate of drug-likeness (QED) is 0.837. The maximum atomic E-state index is 11.7. The van der Waals surface area contributed by atoms with Gasteiger partial charge in [0.25, 0.3) is 0 Å². The summed E-state index contributed by atoms with van der Waals surface area (Å²) in [6.07, 6.45) is -0.0953. The van der Waals surface area contributed by atoms with Crippen molar-refractivity contribution in [3.63, 3.8) is 0 Å². The van der Waals surface area contributed by atoms with Crippen LogP contribution in [-0.4, -0.2) is 12.1 Å². The molecule has 4 heteroatoms. The summed E-state index contributed by atoms with van der Waals surface area (Å²) in [7, 11) is 0. The maximum absolute atomic E-state index is 11.7. The van der Waals surface area contributed by atoms with Gasteiger partial charge in [-0.15, -0.1) is 11.3 Å². The van der Waals surface area contributed by atoms with Crippen molar-refractivity contribution in [3.8, 4) is 0 Å². The molecule has 0 fully saturated rings.